The molecular formula is C26H29N3O9S. The highest BCUT2D eigenvalue weighted by Crippen LogP contribution is 2.41. The summed E-state index contributed by atoms with van der Waals surface area (Å²) >= 11 is 1.32. The Bertz CT molecular complexity index is 1360. The molecule has 1 N–H and O–H groups in total. The van der Waals surface area contributed by atoms with Crippen LogP contribution in [-0.2, 0) is 35.2 Å². The maximum Gasteiger partial charge on any atom is 0.358 e. The van der Waals surface area contributed by atoms with E-state index < -0.39 is 52.9 Å². The first-order chi connectivity index (χ1) is 18.5. The van der Waals surface area contributed by atoms with Crippen molar-refractivity contribution in [2.75, 3.05) is 19.2 Å². The smallest absolute Gasteiger partial charge is 0.358 e. The van der Waals surface area contributed by atoms with Crippen LogP contribution in [0.2, 0.25) is 0 Å². The highest BCUT2D eigenvalue weighted by atomic mass is 32.2. The summed E-state index contributed by atoms with van der Waals surface area (Å²) in [5.41, 5.74) is -0.879. The Morgan fingerprint density at radius 3 is 2.49 bits per heavy atom. The van der Waals surface area contributed by atoms with Crippen LogP contribution in [0.15, 0.2) is 57.0 Å². The highest BCUT2D eigenvalue weighted by molar-refractivity contribution is 8.00. The van der Waals surface area contributed by atoms with E-state index in [4.69, 9.17) is 18.7 Å². The number of rotatable bonds is 9. The average Bonchev–Trinajstić information content (AvgIpc) is 3.21. The fourth-order valence-corrected chi connectivity index (χ4v) is 5.21. The van der Waals surface area contributed by atoms with Crippen molar-refractivity contribution < 1.29 is 37.9 Å². The standard InChI is InChI=1S/C26H29N3O9S/c1-15-10-19(31)28(38-15)11-16-13-39-23-20(27-18(30)12-35-17-8-6-5-7-9-17)22(32)29(23)21(16)24(33)36-14-37-25(34)26(2,3)4/h5-10,20,23H,11-14H2,1-4H3,(H,27,30)/t20?,23-/m1/s1. The van der Waals surface area contributed by atoms with Gasteiger partial charge in [0.15, 0.2) is 6.61 Å². The number of para-hydroxylation sites is 1. The van der Waals surface area contributed by atoms with Crippen molar-refractivity contribution in [3.05, 3.63) is 63.8 Å². The average molecular weight is 560 g/mol. The third-order valence-electron chi connectivity index (χ3n) is 5.82. The molecule has 3 heterocycles. The molecule has 0 spiro atoms. The Kier molecular flexibility index (Phi) is 8.19. The van der Waals surface area contributed by atoms with Crippen molar-refractivity contribution in [3.63, 3.8) is 0 Å². The van der Waals surface area contributed by atoms with Gasteiger partial charge in [0.1, 0.15) is 28.6 Å². The van der Waals surface area contributed by atoms with Gasteiger partial charge in [-0.15, -0.1) is 11.8 Å². The van der Waals surface area contributed by atoms with Crippen LogP contribution in [0.4, 0.5) is 0 Å². The van der Waals surface area contributed by atoms with Crippen LogP contribution in [0, 0.1) is 12.3 Å². The first kappa shape index (κ1) is 28.0. The lowest BCUT2D eigenvalue weighted by Crippen LogP contribution is -2.71. The van der Waals surface area contributed by atoms with Crippen molar-refractivity contribution in [2.24, 2.45) is 5.41 Å². The van der Waals surface area contributed by atoms with Crippen LogP contribution in [0.5, 0.6) is 5.75 Å². The second-order valence-corrected chi connectivity index (χ2v) is 11.1. The number of nitrogens with one attached hydrogen (secondary N) is 1. The summed E-state index contributed by atoms with van der Waals surface area (Å²) in [4.78, 5) is 64.2. The van der Waals surface area contributed by atoms with Crippen LogP contribution in [0.25, 0.3) is 0 Å². The normalized spacial score (nSPS) is 18.7. The predicted octanol–water partition coefficient (Wildman–Crippen LogP) is 1.57. The number of amides is 2. The van der Waals surface area contributed by atoms with Crippen molar-refractivity contribution in [2.45, 2.75) is 45.7 Å². The highest BCUT2D eigenvalue weighted by Gasteiger charge is 2.54. The zero-order valence-electron chi connectivity index (χ0n) is 21.9. The molecule has 2 aliphatic heterocycles. The molecule has 0 aliphatic carbocycles. The Labute approximate surface area is 228 Å². The van der Waals surface area contributed by atoms with Crippen molar-refractivity contribution >= 4 is 35.5 Å². The molecular weight excluding hydrogens is 530 g/mol. The molecule has 1 unspecified atom stereocenters. The molecule has 2 amide bonds. The fraction of sp³-hybridized carbons (Fsp3) is 0.423. The number of carbonyl (C=O) groups excluding carboxylic acids is 4. The molecule has 0 bridgehead atoms. The summed E-state index contributed by atoms with van der Waals surface area (Å²) in [5.74, 6) is -1.35. The number of aromatic nitrogens is 1. The van der Waals surface area contributed by atoms with Gasteiger partial charge in [0.05, 0.1) is 12.0 Å². The fourth-order valence-electron chi connectivity index (χ4n) is 3.87. The Balaban J connectivity index is 1.48. The zero-order chi connectivity index (χ0) is 28.3. The Morgan fingerprint density at radius 1 is 1.13 bits per heavy atom. The summed E-state index contributed by atoms with van der Waals surface area (Å²) in [7, 11) is 0. The molecule has 2 atom stereocenters. The lowest BCUT2D eigenvalue weighted by Gasteiger charge is -2.49. The van der Waals surface area contributed by atoms with Gasteiger partial charge in [-0.2, -0.15) is 4.74 Å². The van der Waals surface area contributed by atoms with E-state index in [1.165, 1.54) is 22.7 Å². The van der Waals surface area contributed by atoms with E-state index in [1.807, 2.05) is 6.07 Å². The van der Waals surface area contributed by atoms with E-state index in [1.54, 1.807) is 52.0 Å². The van der Waals surface area contributed by atoms with Gasteiger partial charge in [0.25, 0.3) is 17.4 Å². The lowest BCUT2D eigenvalue weighted by atomic mass is 9.98. The number of ether oxygens (including phenoxy) is 3. The number of benzene rings is 1. The molecule has 208 valence electrons. The van der Waals surface area contributed by atoms with Crippen molar-refractivity contribution in [1.82, 2.24) is 15.0 Å². The molecule has 13 heteroatoms. The third-order valence-corrected chi connectivity index (χ3v) is 7.16. The number of β-lactam (4-membered cyclic amide) rings is 1. The van der Waals surface area contributed by atoms with Crippen LogP contribution in [-0.4, -0.2) is 64.0 Å². The topological polar surface area (TPSA) is 146 Å². The first-order valence-electron chi connectivity index (χ1n) is 12.1. The monoisotopic (exact) mass is 559 g/mol. The maximum absolute atomic E-state index is 13.1. The molecule has 1 aromatic carbocycles. The first-order valence-corrected chi connectivity index (χ1v) is 13.2. The van der Waals surface area contributed by atoms with Gasteiger partial charge in [-0.3, -0.25) is 24.1 Å². The minimum Gasteiger partial charge on any atom is -0.484 e. The summed E-state index contributed by atoms with van der Waals surface area (Å²) in [6, 6.07) is 9.18. The van der Waals surface area contributed by atoms with Gasteiger partial charge in [0.2, 0.25) is 6.79 Å². The van der Waals surface area contributed by atoms with Gasteiger partial charge < -0.3 is 24.1 Å². The van der Waals surface area contributed by atoms with E-state index in [2.05, 4.69) is 5.32 Å². The number of fused-ring (bicyclic) bond motifs is 1. The van der Waals surface area contributed by atoms with Gasteiger partial charge in [0, 0.05) is 11.8 Å². The maximum atomic E-state index is 13.1. The number of hydrogen-bond donors (Lipinski definition) is 1. The third kappa shape index (κ3) is 6.36. The number of aryl methyl sites for hydroxylation is 1. The molecule has 1 saturated heterocycles. The van der Waals surface area contributed by atoms with Crippen LogP contribution < -0.4 is 15.6 Å². The zero-order valence-corrected chi connectivity index (χ0v) is 22.7. The number of thioether (sulfide) groups is 1. The predicted molar refractivity (Wildman–Crippen MR) is 138 cm³/mol. The molecule has 0 saturated carbocycles. The SMILES string of the molecule is Cc1cc(=O)n(CC2=C(C(=O)OCOC(=O)C(C)(C)C)N3C(=O)C(NC(=O)COc4ccccc4)[C@H]3SC2)o1. The van der Waals surface area contributed by atoms with Crippen LogP contribution >= 0.6 is 11.8 Å². The lowest BCUT2D eigenvalue weighted by molar-refractivity contribution is -0.173. The summed E-state index contributed by atoms with van der Waals surface area (Å²) in [6.45, 7) is 5.55. The summed E-state index contributed by atoms with van der Waals surface area (Å²) in [5, 5.41) is 2.07. The Morgan fingerprint density at radius 2 is 1.85 bits per heavy atom. The van der Waals surface area contributed by atoms with Gasteiger partial charge >= 0.3 is 11.9 Å². The molecule has 12 nitrogen and oxygen atoms in total. The summed E-state index contributed by atoms with van der Waals surface area (Å²) in [6.07, 6.45) is 0. The van der Waals surface area contributed by atoms with Gasteiger partial charge in [-0.05, 0) is 45.4 Å². The van der Waals surface area contributed by atoms with E-state index in [0.717, 1.165) is 4.74 Å². The largest absolute Gasteiger partial charge is 0.484 e. The second-order valence-electron chi connectivity index (χ2n) is 9.96. The molecule has 0 radical (unpaired) electrons. The van der Waals surface area contributed by atoms with Gasteiger partial charge in [-0.25, -0.2) is 4.79 Å². The number of hydrogen-bond acceptors (Lipinski definition) is 10. The molecule has 4 rings (SSSR count). The van der Waals surface area contributed by atoms with E-state index >= 15 is 0 Å². The minimum absolute atomic E-state index is 0.0810. The van der Waals surface area contributed by atoms with Crippen molar-refractivity contribution in [3.8, 4) is 5.75 Å². The number of carbonyl (C=O) groups is 4. The molecule has 1 aromatic heterocycles. The summed E-state index contributed by atoms with van der Waals surface area (Å²) < 4.78 is 22.1. The van der Waals surface area contributed by atoms with Crippen LogP contribution in [0.1, 0.15) is 26.5 Å². The number of esters is 2. The molecule has 2 aliphatic rings. The van der Waals surface area contributed by atoms with Gasteiger partial charge in [-0.1, -0.05) is 18.2 Å². The Hall–Kier alpha value is -4.00. The van der Waals surface area contributed by atoms with E-state index in [0.29, 0.717) is 17.1 Å². The minimum atomic E-state index is -0.904. The quantitative estimate of drug-likeness (QED) is 0.273. The second kappa shape index (κ2) is 11.4. The molecule has 2 aromatic rings. The van der Waals surface area contributed by atoms with Crippen molar-refractivity contribution in [1.29, 1.82) is 0 Å². The molecule has 1 fully saturated rings. The van der Waals surface area contributed by atoms with Crippen LogP contribution in [0.3, 0.4) is 0 Å². The number of nitrogens with zero attached hydrogens (tertiary/aromatic N) is 2. The molecule has 39 heavy (non-hydrogen) atoms. The van der Waals surface area contributed by atoms with E-state index in [-0.39, 0.29) is 24.6 Å². The van der Waals surface area contributed by atoms with E-state index in [9.17, 15) is 24.0 Å².